The van der Waals surface area contributed by atoms with Gasteiger partial charge in [-0.25, -0.2) is 4.79 Å². The summed E-state index contributed by atoms with van der Waals surface area (Å²) >= 11 is 1.74. The Morgan fingerprint density at radius 2 is 1.71 bits per heavy atom. The molecule has 6 atom stereocenters. The van der Waals surface area contributed by atoms with E-state index in [1.165, 1.54) is 4.90 Å². The quantitative estimate of drug-likeness (QED) is 0.0407. The molecule has 1 saturated carbocycles. The minimum atomic E-state index is -1.47. The van der Waals surface area contributed by atoms with E-state index in [9.17, 15) is 15.0 Å². The lowest BCUT2D eigenvalue weighted by Crippen LogP contribution is -2.70. The van der Waals surface area contributed by atoms with Crippen molar-refractivity contribution in [3.63, 3.8) is 0 Å². The fourth-order valence-corrected chi connectivity index (χ4v) is 10.4. The molecule has 6 unspecified atom stereocenters. The summed E-state index contributed by atoms with van der Waals surface area (Å²) in [6.45, 7) is 15.0. The molecule has 2 heterocycles. The molecule has 0 bridgehead atoms. The Morgan fingerprint density at radius 1 is 0.938 bits per heavy atom. The SMILES string of the molecule is C=CCCOC(=O)N(Cc1ccc2c(c1)OCO2)C1CC(=NOC(C)(C)C)C2=CC(CCCCO)C(CCCCO)C3c4cc(OCCSc5ccccc5)ccc4OC1(OCC=C)C23. The maximum atomic E-state index is 14.8. The topological polar surface area (TPSA) is 138 Å². The van der Waals surface area contributed by atoms with Gasteiger partial charge in [0.1, 0.15) is 23.1 Å². The van der Waals surface area contributed by atoms with Gasteiger partial charge in [-0.05, 0) is 118 Å². The van der Waals surface area contributed by atoms with E-state index in [4.69, 9.17) is 38.4 Å². The van der Waals surface area contributed by atoms with Crippen molar-refractivity contribution in [1.29, 1.82) is 0 Å². The Bertz CT molecular complexity index is 2140. The molecule has 3 aromatic carbocycles. The highest BCUT2D eigenvalue weighted by molar-refractivity contribution is 7.99. The van der Waals surface area contributed by atoms with E-state index in [0.29, 0.717) is 48.8 Å². The van der Waals surface area contributed by atoms with Crippen LogP contribution in [0.5, 0.6) is 23.0 Å². The first-order valence-electron chi connectivity index (χ1n) is 23.1. The number of fused-ring (bicyclic) bond motifs is 3. The van der Waals surface area contributed by atoms with Crippen LogP contribution in [0.3, 0.4) is 0 Å². The number of thioether (sulfide) groups is 1. The highest BCUT2D eigenvalue weighted by Crippen LogP contribution is 2.62. The maximum absolute atomic E-state index is 14.8. The number of amides is 1. The van der Waals surface area contributed by atoms with Gasteiger partial charge in [-0.1, -0.05) is 60.5 Å². The second-order valence-electron chi connectivity index (χ2n) is 18.0. The van der Waals surface area contributed by atoms with Gasteiger partial charge < -0.3 is 43.5 Å². The largest absolute Gasteiger partial charge is 0.493 e. The van der Waals surface area contributed by atoms with Gasteiger partial charge in [-0.3, -0.25) is 4.90 Å². The molecule has 1 amide bonds. The lowest BCUT2D eigenvalue weighted by molar-refractivity contribution is -0.256. The highest BCUT2D eigenvalue weighted by Gasteiger charge is 2.65. The minimum absolute atomic E-state index is 0.0534. The minimum Gasteiger partial charge on any atom is -0.493 e. The summed E-state index contributed by atoms with van der Waals surface area (Å²) in [5, 5.41) is 25.0. The zero-order valence-corrected chi connectivity index (χ0v) is 39.0. The number of carbonyl (C=O) groups is 1. The number of aliphatic hydroxyl groups is 2. The van der Waals surface area contributed by atoms with Crippen molar-refractivity contribution in [2.45, 2.75) is 107 Å². The van der Waals surface area contributed by atoms with Gasteiger partial charge in [-0.15, -0.1) is 24.9 Å². The molecule has 1 fully saturated rings. The fraction of sp³-hybridized carbons (Fsp3) is 0.500. The van der Waals surface area contributed by atoms with Gasteiger partial charge in [0.05, 0.1) is 31.5 Å². The van der Waals surface area contributed by atoms with Crippen LogP contribution in [-0.2, 0) is 20.9 Å². The van der Waals surface area contributed by atoms with E-state index in [1.807, 2.05) is 69.3 Å². The molecule has 2 aliphatic heterocycles. The average Bonchev–Trinajstić information content (AvgIpc) is 3.78. The Balaban J connectivity index is 1.40. The fourth-order valence-electron chi connectivity index (χ4n) is 9.62. The van der Waals surface area contributed by atoms with Crippen LogP contribution in [0.25, 0.3) is 0 Å². The third-order valence-corrected chi connectivity index (χ3v) is 13.4. The van der Waals surface area contributed by atoms with E-state index in [-0.39, 0.29) is 63.9 Å². The standard InChI is InChI=1S/C52H66N2O10S/c1-6-8-27-59-50(57)54(34-36-20-22-45-46(30-36)61-35-60-45)47-33-43(53-64-51(3,4)5)41-31-37(16-12-14-24-55)40(19-13-15-25-56)48-42-32-38(58-28-29-65-39-17-10-9-11-18-39)21-23-44(42)63-52(47,49(41)48)62-26-7-2/h6-7,9-11,17-18,20-23,30-32,37,40,47-49,55-56H,1-2,8,12-16,19,24-29,33-35H2,3-5H3. The van der Waals surface area contributed by atoms with Gasteiger partial charge in [0.2, 0.25) is 12.6 Å². The van der Waals surface area contributed by atoms with Crippen molar-refractivity contribution < 1.29 is 48.3 Å². The molecule has 0 radical (unpaired) electrons. The lowest BCUT2D eigenvalue weighted by Gasteiger charge is -2.60. The first kappa shape index (κ1) is 48.0. The molecule has 350 valence electrons. The van der Waals surface area contributed by atoms with E-state index in [1.54, 1.807) is 28.8 Å². The van der Waals surface area contributed by atoms with Gasteiger partial charge in [0.25, 0.3) is 0 Å². The summed E-state index contributed by atoms with van der Waals surface area (Å²) in [6.07, 6.45) is 10.5. The number of aliphatic hydroxyl groups excluding tert-OH is 2. The van der Waals surface area contributed by atoms with Crippen molar-refractivity contribution >= 4 is 23.6 Å². The summed E-state index contributed by atoms with van der Waals surface area (Å²) in [5.74, 6) is 1.34. The molecule has 2 aliphatic carbocycles. The van der Waals surface area contributed by atoms with Gasteiger partial charge in [-0.2, -0.15) is 0 Å². The highest BCUT2D eigenvalue weighted by atomic mass is 32.2. The van der Waals surface area contributed by atoms with Crippen LogP contribution in [0, 0.1) is 17.8 Å². The molecule has 0 aromatic heterocycles. The van der Waals surface area contributed by atoms with E-state index in [0.717, 1.165) is 53.9 Å². The lowest BCUT2D eigenvalue weighted by atomic mass is 9.55. The van der Waals surface area contributed by atoms with Gasteiger partial charge in [0, 0.05) is 48.3 Å². The summed E-state index contributed by atoms with van der Waals surface area (Å²) in [7, 11) is 0. The van der Waals surface area contributed by atoms with Crippen LogP contribution in [0.15, 0.2) is 114 Å². The van der Waals surface area contributed by atoms with Crippen molar-refractivity contribution in [2.24, 2.45) is 22.9 Å². The molecule has 65 heavy (non-hydrogen) atoms. The predicted octanol–water partition coefficient (Wildman–Crippen LogP) is 10.2. The maximum Gasteiger partial charge on any atom is 0.410 e. The van der Waals surface area contributed by atoms with E-state index in [2.05, 4.69) is 37.4 Å². The van der Waals surface area contributed by atoms with E-state index < -0.39 is 29.4 Å². The van der Waals surface area contributed by atoms with Gasteiger partial charge >= 0.3 is 6.09 Å². The Kier molecular flexibility index (Phi) is 16.6. The molecule has 0 spiro atoms. The number of benzene rings is 3. The van der Waals surface area contributed by atoms with Crippen molar-refractivity contribution in [3.05, 3.63) is 115 Å². The number of rotatable bonds is 23. The molecule has 4 aliphatic rings. The van der Waals surface area contributed by atoms with Crippen molar-refractivity contribution in [3.8, 4) is 23.0 Å². The molecule has 13 heteroatoms. The third-order valence-electron chi connectivity index (χ3n) is 12.4. The zero-order valence-electron chi connectivity index (χ0n) is 38.2. The number of hydrogen-bond donors (Lipinski definition) is 2. The number of unbranched alkanes of at least 4 members (excludes halogenated alkanes) is 2. The number of nitrogens with zero attached hydrogens (tertiary/aromatic N) is 2. The first-order chi connectivity index (χ1) is 31.6. The summed E-state index contributed by atoms with van der Waals surface area (Å²) in [5.41, 5.74) is 2.82. The van der Waals surface area contributed by atoms with E-state index >= 15 is 0 Å². The number of ether oxygens (including phenoxy) is 6. The Morgan fingerprint density at radius 3 is 2.46 bits per heavy atom. The Labute approximate surface area is 388 Å². The predicted molar refractivity (Wildman–Crippen MR) is 253 cm³/mol. The number of carbonyl (C=O) groups excluding carboxylic acids is 1. The Hall–Kier alpha value is -4.95. The summed E-state index contributed by atoms with van der Waals surface area (Å²) in [6, 6.07) is 21.2. The number of oxime groups is 1. The normalized spacial score (nSPS) is 23.4. The van der Waals surface area contributed by atoms with Crippen LogP contribution >= 0.6 is 11.8 Å². The number of allylic oxidation sites excluding steroid dienone is 1. The second-order valence-corrected chi connectivity index (χ2v) is 19.2. The molecule has 3 aromatic rings. The smallest absolute Gasteiger partial charge is 0.410 e. The summed E-state index contributed by atoms with van der Waals surface area (Å²) in [4.78, 5) is 24.0. The molecular formula is C52H66N2O10S. The monoisotopic (exact) mass is 910 g/mol. The first-order valence-corrected chi connectivity index (χ1v) is 24.1. The van der Waals surface area contributed by atoms with Crippen LogP contribution in [0.2, 0.25) is 0 Å². The second kappa shape index (κ2) is 22.5. The summed E-state index contributed by atoms with van der Waals surface area (Å²) < 4.78 is 38.5. The van der Waals surface area contributed by atoms with Crippen molar-refractivity contribution in [1.82, 2.24) is 4.90 Å². The van der Waals surface area contributed by atoms with Crippen LogP contribution in [0.1, 0.15) is 89.2 Å². The van der Waals surface area contributed by atoms with Crippen LogP contribution < -0.4 is 18.9 Å². The molecule has 7 rings (SSSR count). The third kappa shape index (κ3) is 11.5. The molecule has 12 nitrogen and oxygen atoms in total. The average molecular weight is 911 g/mol. The number of hydrogen-bond acceptors (Lipinski definition) is 12. The van der Waals surface area contributed by atoms with Crippen molar-refractivity contribution in [2.75, 3.05) is 45.6 Å². The molecule has 2 N–H and O–H groups in total. The zero-order chi connectivity index (χ0) is 45.8. The van der Waals surface area contributed by atoms with Crippen LogP contribution in [-0.4, -0.2) is 89.9 Å². The van der Waals surface area contributed by atoms with Crippen LogP contribution in [0.4, 0.5) is 4.79 Å². The van der Waals surface area contributed by atoms with Gasteiger partial charge in [0.15, 0.2) is 11.5 Å². The molecule has 0 saturated heterocycles. The molecular weight excluding hydrogens is 845 g/mol.